The van der Waals surface area contributed by atoms with Crippen LogP contribution in [0.15, 0.2) is 60.7 Å². The molecular formula is C18H14FNO. The lowest BCUT2D eigenvalue weighted by Crippen LogP contribution is -1.87. The van der Waals surface area contributed by atoms with Crippen LogP contribution in [0.5, 0.6) is 5.75 Å². The number of nitriles is 1. The maximum Gasteiger partial charge on any atom is 0.131 e. The van der Waals surface area contributed by atoms with E-state index in [0.717, 1.165) is 11.3 Å². The summed E-state index contributed by atoms with van der Waals surface area (Å²) in [4.78, 5) is 0. The minimum Gasteiger partial charge on any atom is -0.496 e. The summed E-state index contributed by atoms with van der Waals surface area (Å²) >= 11 is 0. The van der Waals surface area contributed by atoms with E-state index in [1.807, 2.05) is 36.4 Å². The second kappa shape index (κ2) is 7.06. The first-order chi connectivity index (χ1) is 10.3. The molecule has 0 aliphatic heterocycles. The van der Waals surface area contributed by atoms with Crippen molar-refractivity contribution in [3.05, 3.63) is 77.6 Å². The molecule has 0 saturated carbocycles. The molecule has 0 atom stereocenters. The first-order valence-corrected chi connectivity index (χ1v) is 6.42. The Morgan fingerprint density at radius 3 is 2.57 bits per heavy atom. The van der Waals surface area contributed by atoms with Crippen LogP contribution in [0, 0.1) is 17.1 Å². The van der Waals surface area contributed by atoms with Crippen LogP contribution in [0.1, 0.15) is 11.1 Å². The monoisotopic (exact) mass is 279 g/mol. The molecule has 21 heavy (non-hydrogen) atoms. The van der Waals surface area contributed by atoms with Gasteiger partial charge in [-0.15, -0.1) is 0 Å². The molecule has 0 spiro atoms. The third kappa shape index (κ3) is 3.58. The first kappa shape index (κ1) is 14.5. The normalized spacial score (nSPS) is 11.4. The summed E-state index contributed by atoms with van der Waals surface area (Å²) < 4.78 is 18.9. The maximum atomic E-state index is 13.7. The van der Waals surface area contributed by atoms with Gasteiger partial charge >= 0.3 is 0 Å². The Bertz CT molecular complexity index is 726. The number of methoxy groups -OCH3 is 1. The molecule has 0 aliphatic rings. The standard InChI is InChI=1S/C18H14FNO/c1-21-18-12-5-2-7-14(18)8-6-9-15(13-20)16-10-3-4-11-17(16)19/h2-12H,1H3. The fourth-order valence-corrected chi connectivity index (χ4v) is 1.92. The Morgan fingerprint density at radius 1 is 1.14 bits per heavy atom. The van der Waals surface area contributed by atoms with Gasteiger partial charge in [-0.05, 0) is 18.2 Å². The Hall–Kier alpha value is -2.86. The molecule has 2 nitrogen and oxygen atoms in total. The molecule has 0 heterocycles. The van der Waals surface area contributed by atoms with Crippen molar-refractivity contribution >= 4 is 11.6 Å². The van der Waals surface area contributed by atoms with Crippen molar-refractivity contribution in [2.24, 2.45) is 0 Å². The zero-order valence-corrected chi connectivity index (χ0v) is 11.6. The molecule has 0 radical (unpaired) electrons. The van der Waals surface area contributed by atoms with Crippen LogP contribution < -0.4 is 4.74 Å². The Labute approximate surface area is 123 Å². The van der Waals surface area contributed by atoms with Gasteiger partial charge in [0.15, 0.2) is 0 Å². The van der Waals surface area contributed by atoms with E-state index in [-0.39, 0.29) is 5.57 Å². The molecule has 2 rings (SSSR count). The highest BCUT2D eigenvalue weighted by Gasteiger charge is 2.05. The largest absolute Gasteiger partial charge is 0.496 e. The van der Waals surface area contributed by atoms with E-state index in [0.29, 0.717) is 5.56 Å². The van der Waals surface area contributed by atoms with Gasteiger partial charge in [0, 0.05) is 11.1 Å². The van der Waals surface area contributed by atoms with Crippen LogP contribution in [-0.4, -0.2) is 7.11 Å². The van der Waals surface area contributed by atoms with E-state index in [9.17, 15) is 4.39 Å². The summed E-state index contributed by atoms with van der Waals surface area (Å²) in [6, 6.07) is 15.8. The predicted molar refractivity (Wildman–Crippen MR) is 82.0 cm³/mol. The van der Waals surface area contributed by atoms with Crippen LogP contribution in [0.25, 0.3) is 11.6 Å². The van der Waals surface area contributed by atoms with E-state index in [2.05, 4.69) is 0 Å². The quantitative estimate of drug-likeness (QED) is 0.611. The average Bonchev–Trinajstić information content (AvgIpc) is 2.53. The lowest BCUT2D eigenvalue weighted by atomic mass is 10.1. The lowest BCUT2D eigenvalue weighted by molar-refractivity contribution is 0.414. The van der Waals surface area contributed by atoms with Gasteiger partial charge in [0.1, 0.15) is 11.6 Å². The van der Waals surface area contributed by atoms with E-state index < -0.39 is 5.82 Å². The van der Waals surface area contributed by atoms with Crippen molar-refractivity contribution in [3.8, 4) is 11.8 Å². The summed E-state index contributed by atoms with van der Waals surface area (Å²) in [7, 11) is 1.60. The number of hydrogen-bond acceptors (Lipinski definition) is 2. The van der Waals surface area contributed by atoms with Crippen molar-refractivity contribution in [2.45, 2.75) is 0 Å². The van der Waals surface area contributed by atoms with Gasteiger partial charge in [0.25, 0.3) is 0 Å². The Morgan fingerprint density at radius 2 is 1.86 bits per heavy atom. The van der Waals surface area contributed by atoms with Gasteiger partial charge in [-0.3, -0.25) is 0 Å². The smallest absolute Gasteiger partial charge is 0.131 e. The lowest BCUT2D eigenvalue weighted by Gasteiger charge is -2.03. The minimum atomic E-state index is -0.406. The van der Waals surface area contributed by atoms with E-state index in [1.54, 1.807) is 37.5 Å². The van der Waals surface area contributed by atoms with Gasteiger partial charge in [-0.25, -0.2) is 4.39 Å². The molecule has 0 aliphatic carbocycles. The fourth-order valence-electron chi connectivity index (χ4n) is 1.92. The molecule has 3 heteroatoms. The molecule has 104 valence electrons. The van der Waals surface area contributed by atoms with Gasteiger partial charge in [-0.2, -0.15) is 5.26 Å². The number of nitrogens with zero attached hydrogens (tertiary/aromatic N) is 1. The molecule has 2 aromatic rings. The fraction of sp³-hybridized carbons (Fsp3) is 0.0556. The molecule has 0 bridgehead atoms. The summed E-state index contributed by atoms with van der Waals surface area (Å²) in [6.45, 7) is 0. The molecular weight excluding hydrogens is 265 g/mol. The van der Waals surface area contributed by atoms with Crippen LogP contribution in [0.3, 0.4) is 0 Å². The number of para-hydroxylation sites is 1. The molecule has 0 unspecified atom stereocenters. The van der Waals surface area contributed by atoms with Crippen LogP contribution in [0.2, 0.25) is 0 Å². The zero-order valence-electron chi connectivity index (χ0n) is 11.6. The number of ether oxygens (including phenoxy) is 1. The van der Waals surface area contributed by atoms with Crippen LogP contribution >= 0.6 is 0 Å². The van der Waals surface area contributed by atoms with Crippen molar-refractivity contribution in [1.82, 2.24) is 0 Å². The highest BCUT2D eigenvalue weighted by molar-refractivity contribution is 5.79. The van der Waals surface area contributed by atoms with Gasteiger partial charge in [-0.1, -0.05) is 48.6 Å². The average molecular weight is 279 g/mol. The summed E-state index contributed by atoms with van der Waals surface area (Å²) in [5.74, 6) is 0.336. The molecule has 0 saturated heterocycles. The Kier molecular flexibility index (Phi) is 4.89. The molecule has 2 aromatic carbocycles. The van der Waals surface area contributed by atoms with Crippen molar-refractivity contribution in [3.63, 3.8) is 0 Å². The number of rotatable bonds is 4. The molecule has 0 fully saturated rings. The SMILES string of the molecule is COc1ccccc1C=CC=C(C#N)c1ccccc1F. The first-order valence-electron chi connectivity index (χ1n) is 6.42. The summed E-state index contributed by atoms with van der Waals surface area (Å²) in [6.07, 6.45) is 5.12. The van der Waals surface area contributed by atoms with Crippen LogP contribution in [-0.2, 0) is 0 Å². The maximum absolute atomic E-state index is 13.7. The highest BCUT2D eigenvalue weighted by Crippen LogP contribution is 2.20. The zero-order chi connectivity index (χ0) is 15.1. The van der Waals surface area contributed by atoms with E-state index in [4.69, 9.17) is 10.00 Å². The highest BCUT2D eigenvalue weighted by atomic mass is 19.1. The minimum absolute atomic E-state index is 0.277. The second-order valence-corrected chi connectivity index (χ2v) is 4.27. The number of halogens is 1. The van der Waals surface area contributed by atoms with E-state index in [1.165, 1.54) is 6.07 Å². The Balaban J connectivity index is 2.29. The summed E-state index contributed by atoms with van der Waals surface area (Å²) in [5.41, 5.74) is 1.46. The van der Waals surface area contributed by atoms with Gasteiger partial charge in [0.05, 0.1) is 18.8 Å². The number of hydrogen-bond donors (Lipinski definition) is 0. The van der Waals surface area contributed by atoms with Crippen molar-refractivity contribution < 1.29 is 9.13 Å². The number of allylic oxidation sites excluding steroid dienone is 3. The number of benzene rings is 2. The van der Waals surface area contributed by atoms with Crippen molar-refractivity contribution in [1.29, 1.82) is 5.26 Å². The molecule has 0 amide bonds. The molecule has 0 N–H and O–H groups in total. The topological polar surface area (TPSA) is 33.0 Å². The summed E-state index contributed by atoms with van der Waals surface area (Å²) in [5, 5.41) is 9.16. The third-order valence-corrected chi connectivity index (χ3v) is 2.96. The third-order valence-electron chi connectivity index (χ3n) is 2.96. The van der Waals surface area contributed by atoms with Gasteiger partial charge in [0.2, 0.25) is 0 Å². The van der Waals surface area contributed by atoms with E-state index >= 15 is 0 Å². The van der Waals surface area contributed by atoms with Crippen LogP contribution in [0.4, 0.5) is 4.39 Å². The van der Waals surface area contributed by atoms with Crippen molar-refractivity contribution in [2.75, 3.05) is 7.11 Å². The second-order valence-electron chi connectivity index (χ2n) is 4.27. The molecule has 0 aromatic heterocycles. The predicted octanol–water partition coefficient (Wildman–Crippen LogP) is 4.45. The van der Waals surface area contributed by atoms with Gasteiger partial charge < -0.3 is 4.74 Å².